The second-order valence-corrected chi connectivity index (χ2v) is 5.92. The minimum absolute atomic E-state index is 0. The van der Waals surface area contributed by atoms with Gasteiger partial charge in [0.2, 0.25) is 0 Å². The first-order valence-corrected chi connectivity index (χ1v) is 8.71. The van der Waals surface area contributed by atoms with Gasteiger partial charge in [0.15, 0.2) is 0 Å². The molecule has 152 valence electrons. The minimum atomic E-state index is 0. The Labute approximate surface area is 180 Å². The van der Waals surface area contributed by atoms with Crippen LogP contribution in [0.4, 0.5) is 0 Å². The van der Waals surface area contributed by atoms with E-state index in [0.29, 0.717) is 0 Å². The van der Waals surface area contributed by atoms with E-state index in [2.05, 4.69) is 35.1 Å². The molecule has 8 heteroatoms. The number of halogens is 4. The predicted molar refractivity (Wildman–Crippen MR) is 92.7 cm³/mol. The maximum atomic E-state index is 3.62. The lowest BCUT2D eigenvalue weighted by Gasteiger charge is -2.37. The quantitative estimate of drug-likeness (QED) is 0.207. The van der Waals surface area contributed by atoms with Crippen LogP contribution < -0.4 is 70.9 Å². The third kappa shape index (κ3) is 16.5. The fourth-order valence-electron chi connectivity index (χ4n) is 2.78. The molecule has 0 radical (unpaired) electrons. The van der Waals surface area contributed by atoms with Crippen molar-refractivity contribution >= 4 is 0 Å². The average Bonchev–Trinajstić information content (AvgIpc) is 2.44. The molecule has 4 N–H and O–H groups in total. The standard InChI is InChI=1S/C16H36N4.4ClH/c1-3-17-9-5-11-19-13-15-7-8-16(15)14-20-12-6-10-18-4-2;;;;/h15-20H,3-14H2,1-2H3;4*1H. The van der Waals surface area contributed by atoms with Gasteiger partial charge in [0.1, 0.15) is 0 Å². The van der Waals surface area contributed by atoms with Crippen LogP contribution in [0.3, 0.4) is 0 Å². The van der Waals surface area contributed by atoms with Crippen LogP contribution in [0.5, 0.6) is 0 Å². The van der Waals surface area contributed by atoms with Crippen molar-refractivity contribution < 1.29 is 55.3 Å². The molecule has 0 saturated heterocycles. The number of rotatable bonds is 14. The van der Waals surface area contributed by atoms with Gasteiger partial charge in [-0.25, -0.2) is 0 Å². The van der Waals surface area contributed by atoms with Gasteiger partial charge in [0.25, 0.3) is 0 Å². The summed E-state index contributed by atoms with van der Waals surface area (Å²) in [6.07, 6.45) is 5.33. The van der Waals surface area contributed by atoms with Crippen LogP contribution in [0.1, 0.15) is 45.2 Å². The fourth-order valence-corrected chi connectivity index (χ4v) is 2.78. The smallest absolute Gasteiger partial charge is 1.00 e. The Morgan fingerprint density at radius 1 is 0.625 bits per heavy atom. The molecule has 24 heavy (non-hydrogen) atoms. The van der Waals surface area contributed by atoms with Crippen molar-refractivity contribution in [1.29, 1.82) is 0 Å². The molecule has 4 nitrogen and oxygen atoms in total. The van der Waals surface area contributed by atoms with Gasteiger partial charge in [-0.2, -0.15) is 0 Å². The SMILES string of the molecule is CCNCCCNCC1CCC1CNCCCNCC.[Cl-].[Cl-].[Cl-].[Cl-].[H+].[H+].[H+].[H+]. The Hall–Kier alpha value is 1.00. The molecule has 0 amide bonds. The van der Waals surface area contributed by atoms with Gasteiger partial charge in [-0.1, -0.05) is 13.8 Å². The molecule has 1 fully saturated rings. The minimum Gasteiger partial charge on any atom is -1.00 e. The van der Waals surface area contributed by atoms with Crippen molar-refractivity contribution in [3.63, 3.8) is 0 Å². The molecule has 0 aromatic rings. The molecular weight excluding hydrogens is 390 g/mol. The van der Waals surface area contributed by atoms with Crippen LogP contribution in [0.2, 0.25) is 0 Å². The Morgan fingerprint density at radius 2 is 0.958 bits per heavy atom. The topological polar surface area (TPSA) is 48.1 Å². The number of nitrogens with one attached hydrogen (secondary N) is 4. The van der Waals surface area contributed by atoms with E-state index in [-0.39, 0.29) is 55.3 Å². The van der Waals surface area contributed by atoms with E-state index in [9.17, 15) is 0 Å². The molecule has 0 bridgehead atoms. The van der Waals surface area contributed by atoms with Crippen LogP contribution in [0.25, 0.3) is 0 Å². The summed E-state index contributed by atoms with van der Waals surface area (Å²) < 4.78 is 0. The third-order valence-electron chi connectivity index (χ3n) is 4.30. The van der Waals surface area contributed by atoms with Gasteiger partial charge in [-0.3, -0.25) is 0 Å². The molecule has 1 aliphatic rings. The van der Waals surface area contributed by atoms with E-state index in [0.717, 1.165) is 51.1 Å². The molecule has 0 aliphatic heterocycles. The highest BCUT2D eigenvalue weighted by atomic mass is 35.5. The van der Waals surface area contributed by atoms with Crippen molar-refractivity contribution in [1.82, 2.24) is 21.3 Å². The zero-order valence-corrected chi connectivity index (χ0v) is 18.2. The fraction of sp³-hybridized carbons (Fsp3) is 1.00. The molecule has 2 unspecified atom stereocenters. The van der Waals surface area contributed by atoms with E-state index in [1.165, 1.54) is 38.8 Å². The second-order valence-electron chi connectivity index (χ2n) is 5.92. The first-order valence-electron chi connectivity index (χ1n) is 8.71. The predicted octanol–water partition coefficient (Wildman–Crippen LogP) is -10.3. The zero-order chi connectivity index (χ0) is 14.5. The van der Waals surface area contributed by atoms with Crippen LogP contribution in [-0.2, 0) is 0 Å². The Bertz CT molecular complexity index is 221. The van der Waals surface area contributed by atoms with Gasteiger partial charge >= 0.3 is 5.71 Å². The van der Waals surface area contributed by atoms with Crippen LogP contribution in [0, 0.1) is 11.8 Å². The summed E-state index contributed by atoms with van der Waals surface area (Å²) in [4.78, 5) is 0. The van der Waals surface area contributed by atoms with E-state index >= 15 is 0 Å². The molecule has 0 heterocycles. The second kappa shape index (κ2) is 24.0. The zero-order valence-electron chi connectivity index (χ0n) is 19.2. The van der Waals surface area contributed by atoms with Crippen molar-refractivity contribution in [2.75, 3.05) is 52.4 Å². The first kappa shape index (κ1) is 32.7. The monoisotopic (exact) mass is 428 g/mol. The Morgan fingerprint density at radius 3 is 1.25 bits per heavy atom. The maximum absolute atomic E-state index is 3.62. The van der Waals surface area contributed by atoms with Crippen LogP contribution in [-0.4, -0.2) is 52.4 Å². The van der Waals surface area contributed by atoms with Crippen molar-refractivity contribution in [3.05, 3.63) is 0 Å². The van der Waals surface area contributed by atoms with Crippen LogP contribution >= 0.6 is 0 Å². The van der Waals surface area contributed by atoms with Gasteiger partial charge in [0, 0.05) is 0 Å². The van der Waals surface area contributed by atoms with E-state index < -0.39 is 0 Å². The maximum Gasteiger partial charge on any atom is 1.00 e. The lowest BCUT2D eigenvalue weighted by molar-refractivity contribution is -0.00100. The highest BCUT2D eigenvalue weighted by Gasteiger charge is 2.29. The van der Waals surface area contributed by atoms with E-state index in [1.807, 2.05) is 0 Å². The summed E-state index contributed by atoms with van der Waals surface area (Å²) in [5.41, 5.74) is 0. The molecule has 0 spiro atoms. The Kier molecular flexibility index (Phi) is 32.7. The van der Waals surface area contributed by atoms with Gasteiger partial charge in [0.05, 0.1) is 0 Å². The number of hydrogen-bond donors (Lipinski definition) is 4. The van der Waals surface area contributed by atoms with Gasteiger partial charge in [-0.15, -0.1) is 0 Å². The summed E-state index contributed by atoms with van der Waals surface area (Å²) >= 11 is 0. The number of hydrogen-bond acceptors (Lipinski definition) is 4. The molecule has 2 atom stereocenters. The summed E-state index contributed by atoms with van der Waals surface area (Å²) in [6, 6.07) is 0. The molecule has 1 saturated carbocycles. The van der Waals surface area contributed by atoms with Gasteiger partial charge in [-0.05, 0) is 89.9 Å². The first-order chi connectivity index (χ1) is 9.88. The lowest BCUT2D eigenvalue weighted by Crippen LogP contribution is -3.00. The normalized spacial score (nSPS) is 18.2. The molecule has 1 aliphatic carbocycles. The highest BCUT2D eigenvalue weighted by Crippen LogP contribution is 2.32. The molecule has 1 rings (SSSR count). The third-order valence-corrected chi connectivity index (χ3v) is 4.30. The van der Waals surface area contributed by atoms with E-state index in [1.54, 1.807) is 0 Å². The summed E-state index contributed by atoms with van der Waals surface area (Å²) in [7, 11) is 0. The molecule has 0 aromatic carbocycles. The van der Waals surface area contributed by atoms with Crippen molar-refractivity contribution in [2.24, 2.45) is 11.8 Å². The van der Waals surface area contributed by atoms with Crippen LogP contribution in [0.15, 0.2) is 0 Å². The van der Waals surface area contributed by atoms with Crippen molar-refractivity contribution in [3.8, 4) is 0 Å². The summed E-state index contributed by atoms with van der Waals surface area (Å²) in [5.74, 6) is 1.82. The lowest BCUT2D eigenvalue weighted by atomic mass is 9.73. The summed E-state index contributed by atoms with van der Waals surface area (Å²) in [5, 5.41) is 14.0. The largest absolute Gasteiger partial charge is 1.00 e. The highest BCUT2D eigenvalue weighted by molar-refractivity contribution is 4.83. The Balaban J connectivity index is -0.0000000833. The molecule has 0 aromatic heterocycles. The average molecular weight is 430 g/mol. The van der Waals surface area contributed by atoms with Crippen molar-refractivity contribution in [2.45, 2.75) is 39.5 Å². The van der Waals surface area contributed by atoms with E-state index in [4.69, 9.17) is 0 Å². The molecular formula is C16H40Cl4N4. The van der Waals surface area contributed by atoms with Gasteiger partial charge < -0.3 is 70.9 Å². The summed E-state index contributed by atoms with van der Waals surface area (Å²) in [6.45, 7) is 13.5.